The number of hydrogen-bond acceptors (Lipinski definition) is 4. The van der Waals surface area contributed by atoms with E-state index in [0.29, 0.717) is 24.3 Å². The molecule has 0 unspecified atom stereocenters. The number of carbonyl (C=O) groups is 3. The Kier molecular flexibility index (Phi) is 7.80. The van der Waals surface area contributed by atoms with Crippen molar-refractivity contribution in [1.29, 1.82) is 0 Å². The van der Waals surface area contributed by atoms with Crippen LogP contribution < -0.4 is 5.32 Å². The minimum absolute atomic E-state index is 0.119. The van der Waals surface area contributed by atoms with E-state index in [1.165, 1.54) is 7.11 Å². The zero-order chi connectivity index (χ0) is 19.9. The Morgan fingerprint density at radius 2 is 1.85 bits per heavy atom. The van der Waals surface area contributed by atoms with Crippen LogP contribution in [-0.2, 0) is 14.3 Å². The number of benzene rings is 1. The van der Waals surface area contributed by atoms with E-state index in [2.05, 4.69) is 10.1 Å². The van der Waals surface area contributed by atoms with Crippen LogP contribution in [0.3, 0.4) is 0 Å². The van der Waals surface area contributed by atoms with E-state index in [-0.39, 0.29) is 30.1 Å². The molecule has 0 aliphatic heterocycles. The number of anilines is 1. The maximum Gasteiger partial charge on any atom is 0.307 e. The van der Waals surface area contributed by atoms with Gasteiger partial charge >= 0.3 is 5.97 Å². The van der Waals surface area contributed by atoms with E-state index < -0.39 is 5.41 Å². The summed E-state index contributed by atoms with van der Waals surface area (Å²) in [6, 6.07) is 6.86. The first-order valence-corrected chi connectivity index (χ1v) is 8.82. The molecular weight excluding hydrogens is 332 g/mol. The molecule has 0 heterocycles. The molecule has 1 rings (SSSR count). The van der Waals surface area contributed by atoms with Gasteiger partial charge in [-0.1, -0.05) is 40.7 Å². The summed E-state index contributed by atoms with van der Waals surface area (Å²) in [6.45, 7) is 10.3. The third kappa shape index (κ3) is 6.86. The van der Waals surface area contributed by atoms with Gasteiger partial charge in [0.05, 0.1) is 13.5 Å². The topological polar surface area (TPSA) is 75.7 Å². The zero-order valence-electron chi connectivity index (χ0n) is 16.6. The van der Waals surface area contributed by atoms with E-state index in [4.69, 9.17) is 0 Å². The standard InChI is InChI=1S/C20H30N2O4/c1-14(2)13-22(11-10-17(23)26-6)18(24)15-8-7-9-16(12-15)21-19(25)20(3,4)5/h7-9,12,14H,10-11,13H2,1-6H3,(H,21,25). The fourth-order valence-electron chi connectivity index (χ4n) is 2.28. The van der Waals surface area contributed by atoms with Gasteiger partial charge in [-0.3, -0.25) is 14.4 Å². The van der Waals surface area contributed by atoms with Crippen LogP contribution in [0.4, 0.5) is 5.69 Å². The lowest BCUT2D eigenvalue weighted by Crippen LogP contribution is -2.36. The maximum atomic E-state index is 12.9. The van der Waals surface area contributed by atoms with Gasteiger partial charge in [0.15, 0.2) is 0 Å². The second-order valence-electron chi connectivity index (χ2n) is 7.76. The summed E-state index contributed by atoms with van der Waals surface area (Å²) < 4.78 is 4.66. The van der Waals surface area contributed by atoms with Gasteiger partial charge in [0.25, 0.3) is 5.91 Å². The molecular formula is C20H30N2O4. The molecule has 1 aromatic rings. The Balaban J connectivity index is 2.95. The van der Waals surface area contributed by atoms with E-state index in [1.54, 1.807) is 29.2 Å². The number of nitrogens with zero attached hydrogens (tertiary/aromatic N) is 1. The first-order chi connectivity index (χ1) is 12.0. The SMILES string of the molecule is COC(=O)CCN(CC(C)C)C(=O)c1cccc(NC(=O)C(C)(C)C)c1. The van der Waals surface area contributed by atoms with Crippen molar-refractivity contribution in [2.75, 3.05) is 25.5 Å². The number of hydrogen-bond donors (Lipinski definition) is 1. The first-order valence-electron chi connectivity index (χ1n) is 8.82. The van der Waals surface area contributed by atoms with E-state index in [9.17, 15) is 14.4 Å². The van der Waals surface area contributed by atoms with Crippen molar-refractivity contribution in [3.05, 3.63) is 29.8 Å². The molecule has 0 saturated heterocycles. The normalized spacial score (nSPS) is 11.2. The number of carbonyl (C=O) groups excluding carboxylic acids is 3. The molecule has 6 heteroatoms. The van der Waals surface area contributed by atoms with Crippen LogP contribution in [-0.4, -0.2) is 42.9 Å². The highest BCUT2D eigenvalue weighted by atomic mass is 16.5. The van der Waals surface area contributed by atoms with Crippen LogP contribution in [0.25, 0.3) is 0 Å². The highest BCUT2D eigenvalue weighted by Crippen LogP contribution is 2.19. The minimum atomic E-state index is -0.524. The molecule has 26 heavy (non-hydrogen) atoms. The lowest BCUT2D eigenvalue weighted by Gasteiger charge is -2.24. The summed E-state index contributed by atoms with van der Waals surface area (Å²) in [7, 11) is 1.33. The predicted molar refractivity (Wildman–Crippen MR) is 102 cm³/mol. The summed E-state index contributed by atoms with van der Waals surface area (Å²) in [5, 5.41) is 2.83. The first kappa shape index (κ1) is 21.7. The number of methoxy groups -OCH3 is 1. The van der Waals surface area contributed by atoms with E-state index in [1.807, 2.05) is 34.6 Å². The minimum Gasteiger partial charge on any atom is -0.469 e. The van der Waals surface area contributed by atoms with Crippen molar-refractivity contribution in [3.63, 3.8) is 0 Å². The Labute approximate surface area is 155 Å². The van der Waals surface area contributed by atoms with Crippen LogP contribution in [0.5, 0.6) is 0 Å². The fraction of sp³-hybridized carbons (Fsp3) is 0.550. The van der Waals surface area contributed by atoms with Crippen molar-refractivity contribution in [2.24, 2.45) is 11.3 Å². The molecule has 6 nitrogen and oxygen atoms in total. The lowest BCUT2D eigenvalue weighted by molar-refractivity contribution is -0.140. The molecule has 0 radical (unpaired) electrons. The van der Waals surface area contributed by atoms with Gasteiger partial charge in [-0.15, -0.1) is 0 Å². The number of amides is 2. The van der Waals surface area contributed by atoms with Crippen LogP contribution in [0.15, 0.2) is 24.3 Å². The Morgan fingerprint density at radius 1 is 1.19 bits per heavy atom. The van der Waals surface area contributed by atoms with Crippen LogP contribution in [0.1, 0.15) is 51.4 Å². The molecule has 0 aliphatic rings. The van der Waals surface area contributed by atoms with Gasteiger partial charge in [0, 0.05) is 29.8 Å². The summed E-state index contributed by atoms with van der Waals surface area (Å²) >= 11 is 0. The average molecular weight is 362 g/mol. The molecule has 0 saturated carbocycles. The van der Waals surface area contributed by atoms with Gasteiger partial charge in [-0.2, -0.15) is 0 Å². The van der Waals surface area contributed by atoms with Crippen molar-refractivity contribution >= 4 is 23.5 Å². The molecule has 0 aliphatic carbocycles. The fourth-order valence-corrected chi connectivity index (χ4v) is 2.28. The second kappa shape index (κ2) is 9.36. The Bertz CT molecular complexity index is 647. The van der Waals surface area contributed by atoms with Gasteiger partial charge < -0.3 is 15.0 Å². The van der Waals surface area contributed by atoms with E-state index >= 15 is 0 Å². The lowest BCUT2D eigenvalue weighted by atomic mass is 9.95. The summed E-state index contributed by atoms with van der Waals surface area (Å²) in [6.07, 6.45) is 0.148. The Hall–Kier alpha value is -2.37. The third-order valence-electron chi connectivity index (χ3n) is 3.73. The van der Waals surface area contributed by atoms with Gasteiger partial charge in [0.1, 0.15) is 0 Å². The molecule has 1 N–H and O–H groups in total. The quantitative estimate of drug-likeness (QED) is 0.755. The molecule has 0 aromatic heterocycles. The molecule has 144 valence electrons. The van der Waals surface area contributed by atoms with Crippen LogP contribution >= 0.6 is 0 Å². The molecule has 0 spiro atoms. The van der Waals surface area contributed by atoms with Gasteiger partial charge in [-0.05, 0) is 24.1 Å². The number of esters is 1. The van der Waals surface area contributed by atoms with Crippen molar-refractivity contribution in [1.82, 2.24) is 4.90 Å². The molecule has 0 atom stereocenters. The Morgan fingerprint density at radius 3 is 2.38 bits per heavy atom. The highest BCUT2D eigenvalue weighted by Gasteiger charge is 2.22. The smallest absolute Gasteiger partial charge is 0.307 e. The van der Waals surface area contributed by atoms with Gasteiger partial charge in [0.2, 0.25) is 5.91 Å². The molecule has 0 bridgehead atoms. The number of nitrogens with one attached hydrogen (secondary N) is 1. The number of ether oxygens (including phenoxy) is 1. The van der Waals surface area contributed by atoms with Crippen LogP contribution in [0, 0.1) is 11.3 Å². The summed E-state index contributed by atoms with van der Waals surface area (Å²) in [4.78, 5) is 38.1. The molecule has 1 aromatic carbocycles. The molecule has 0 fully saturated rings. The van der Waals surface area contributed by atoms with Gasteiger partial charge in [-0.25, -0.2) is 0 Å². The average Bonchev–Trinajstić information content (AvgIpc) is 2.56. The van der Waals surface area contributed by atoms with Crippen molar-refractivity contribution < 1.29 is 19.1 Å². The monoisotopic (exact) mass is 362 g/mol. The largest absolute Gasteiger partial charge is 0.469 e. The summed E-state index contributed by atoms with van der Waals surface area (Å²) in [5.41, 5.74) is 0.528. The van der Waals surface area contributed by atoms with Crippen LogP contribution in [0.2, 0.25) is 0 Å². The highest BCUT2D eigenvalue weighted by molar-refractivity contribution is 5.98. The molecule has 2 amide bonds. The third-order valence-corrected chi connectivity index (χ3v) is 3.73. The maximum absolute atomic E-state index is 12.9. The van der Waals surface area contributed by atoms with Crippen molar-refractivity contribution in [2.45, 2.75) is 41.0 Å². The predicted octanol–water partition coefficient (Wildman–Crippen LogP) is 3.33. The number of rotatable bonds is 7. The second-order valence-corrected chi connectivity index (χ2v) is 7.76. The summed E-state index contributed by atoms with van der Waals surface area (Å²) in [5.74, 6) is -0.376. The van der Waals surface area contributed by atoms with E-state index in [0.717, 1.165) is 0 Å². The van der Waals surface area contributed by atoms with Crippen molar-refractivity contribution in [3.8, 4) is 0 Å². The zero-order valence-corrected chi connectivity index (χ0v) is 16.6.